The standard InChI is InChI=1S/C13H15BrN4/c1-2-6-18-7-5-15-13(18)10-8-11(14)17-12(16-10)9-3-4-9/h5,7-9H,2-4,6H2,1H3. The predicted octanol–water partition coefficient (Wildman–Crippen LogP) is 3.39. The fraction of sp³-hybridized carbons (Fsp3) is 0.462. The van der Waals surface area contributed by atoms with Crippen LogP contribution in [0, 0.1) is 0 Å². The van der Waals surface area contributed by atoms with Crippen molar-refractivity contribution in [1.29, 1.82) is 0 Å². The number of halogens is 1. The third-order valence-corrected chi connectivity index (χ3v) is 3.47. The molecule has 0 aromatic carbocycles. The summed E-state index contributed by atoms with van der Waals surface area (Å²) in [4.78, 5) is 13.5. The molecule has 2 aromatic heterocycles. The van der Waals surface area contributed by atoms with Crippen LogP contribution < -0.4 is 0 Å². The van der Waals surface area contributed by atoms with Crippen molar-refractivity contribution in [3.05, 3.63) is 28.9 Å². The highest BCUT2D eigenvalue weighted by Gasteiger charge is 2.27. The molecular weight excluding hydrogens is 292 g/mol. The van der Waals surface area contributed by atoms with Gasteiger partial charge in [0.25, 0.3) is 0 Å². The van der Waals surface area contributed by atoms with Gasteiger partial charge in [-0.05, 0) is 35.2 Å². The lowest BCUT2D eigenvalue weighted by Crippen LogP contribution is -2.02. The van der Waals surface area contributed by atoms with Gasteiger partial charge in [-0.15, -0.1) is 0 Å². The highest BCUT2D eigenvalue weighted by molar-refractivity contribution is 9.10. The molecule has 0 aliphatic heterocycles. The van der Waals surface area contributed by atoms with Crippen LogP contribution >= 0.6 is 15.9 Å². The predicted molar refractivity (Wildman–Crippen MR) is 73.2 cm³/mol. The zero-order valence-electron chi connectivity index (χ0n) is 10.3. The van der Waals surface area contributed by atoms with Gasteiger partial charge in [-0.3, -0.25) is 0 Å². The van der Waals surface area contributed by atoms with Crippen LogP contribution in [0.4, 0.5) is 0 Å². The number of imidazole rings is 1. The van der Waals surface area contributed by atoms with Crippen LogP contribution in [0.25, 0.3) is 11.5 Å². The molecule has 0 bridgehead atoms. The van der Waals surface area contributed by atoms with E-state index in [1.165, 1.54) is 12.8 Å². The molecule has 0 amide bonds. The highest BCUT2D eigenvalue weighted by Crippen LogP contribution is 2.39. The molecular formula is C13H15BrN4. The first-order valence-electron chi connectivity index (χ1n) is 6.34. The Morgan fingerprint density at radius 2 is 2.22 bits per heavy atom. The molecule has 4 nitrogen and oxygen atoms in total. The molecule has 1 saturated carbocycles. The maximum absolute atomic E-state index is 4.66. The van der Waals surface area contributed by atoms with Gasteiger partial charge in [-0.1, -0.05) is 6.92 Å². The summed E-state index contributed by atoms with van der Waals surface area (Å²) in [6.07, 6.45) is 7.34. The molecule has 1 aliphatic rings. The molecule has 0 saturated heterocycles. The van der Waals surface area contributed by atoms with Crippen LogP contribution in [0.15, 0.2) is 23.1 Å². The topological polar surface area (TPSA) is 43.6 Å². The summed E-state index contributed by atoms with van der Waals surface area (Å²) < 4.78 is 2.99. The van der Waals surface area contributed by atoms with E-state index in [0.717, 1.165) is 34.9 Å². The van der Waals surface area contributed by atoms with Crippen molar-refractivity contribution in [2.24, 2.45) is 0 Å². The molecule has 1 fully saturated rings. The fourth-order valence-corrected chi connectivity index (χ4v) is 2.44. The molecule has 0 atom stereocenters. The van der Waals surface area contributed by atoms with Crippen LogP contribution in [0.1, 0.15) is 37.9 Å². The lowest BCUT2D eigenvalue weighted by molar-refractivity contribution is 0.683. The van der Waals surface area contributed by atoms with Crippen LogP contribution in [0.3, 0.4) is 0 Å². The number of aromatic nitrogens is 4. The quantitative estimate of drug-likeness (QED) is 0.813. The van der Waals surface area contributed by atoms with Crippen LogP contribution in [0.5, 0.6) is 0 Å². The number of aryl methyl sites for hydroxylation is 1. The van der Waals surface area contributed by atoms with Crippen molar-refractivity contribution in [2.75, 3.05) is 0 Å². The van der Waals surface area contributed by atoms with Gasteiger partial charge in [0.15, 0.2) is 5.82 Å². The van der Waals surface area contributed by atoms with Crippen LogP contribution in [-0.2, 0) is 6.54 Å². The van der Waals surface area contributed by atoms with Gasteiger partial charge < -0.3 is 4.57 Å². The third kappa shape index (κ3) is 2.32. The summed E-state index contributed by atoms with van der Waals surface area (Å²) >= 11 is 3.47. The van der Waals surface area contributed by atoms with Crippen molar-refractivity contribution in [2.45, 2.75) is 38.6 Å². The Kier molecular flexibility index (Phi) is 3.16. The van der Waals surface area contributed by atoms with E-state index in [1.807, 2.05) is 18.5 Å². The van der Waals surface area contributed by atoms with Gasteiger partial charge in [-0.2, -0.15) is 0 Å². The van der Waals surface area contributed by atoms with E-state index >= 15 is 0 Å². The second kappa shape index (κ2) is 4.80. The van der Waals surface area contributed by atoms with Crippen LogP contribution in [0.2, 0.25) is 0 Å². The lowest BCUT2D eigenvalue weighted by atomic mass is 10.3. The molecule has 5 heteroatoms. The monoisotopic (exact) mass is 306 g/mol. The summed E-state index contributed by atoms with van der Waals surface area (Å²) in [5.41, 5.74) is 0.914. The Balaban J connectivity index is 2.01. The van der Waals surface area contributed by atoms with Crippen molar-refractivity contribution in [3.8, 4) is 11.5 Å². The minimum atomic E-state index is 0.552. The van der Waals surface area contributed by atoms with E-state index in [1.54, 1.807) is 0 Å². The fourth-order valence-electron chi connectivity index (χ4n) is 2.04. The molecule has 0 N–H and O–H groups in total. The molecule has 3 rings (SSSR count). The smallest absolute Gasteiger partial charge is 0.158 e. The number of nitrogens with zero attached hydrogens (tertiary/aromatic N) is 4. The maximum atomic E-state index is 4.66. The second-order valence-electron chi connectivity index (χ2n) is 4.65. The molecule has 18 heavy (non-hydrogen) atoms. The zero-order chi connectivity index (χ0) is 12.5. The van der Waals surface area contributed by atoms with Gasteiger partial charge in [-0.25, -0.2) is 15.0 Å². The summed E-state index contributed by atoms with van der Waals surface area (Å²) in [6, 6.07) is 1.94. The second-order valence-corrected chi connectivity index (χ2v) is 5.47. The Morgan fingerprint density at radius 1 is 1.39 bits per heavy atom. The first kappa shape index (κ1) is 11.8. The zero-order valence-corrected chi connectivity index (χ0v) is 11.9. The Hall–Kier alpha value is -1.23. The van der Waals surface area contributed by atoms with Crippen LogP contribution in [-0.4, -0.2) is 19.5 Å². The normalized spacial score (nSPS) is 15.0. The first-order chi connectivity index (χ1) is 8.78. The minimum Gasteiger partial charge on any atom is -0.330 e. The molecule has 0 spiro atoms. The van der Waals surface area contributed by atoms with E-state index in [9.17, 15) is 0 Å². The first-order valence-corrected chi connectivity index (χ1v) is 7.13. The molecule has 0 unspecified atom stereocenters. The Bertz CT molecular complexity index is 560. The Morgan fingerprint density at radius 3 is 2.94 bits per heavy atom. The van der Waals surface area contributed by atoms with E-state index in [0.29, 0.717) is 5.92 Å². The number of hydrogen-bond acceptors (Lipinski definition) is 3. The lowest BCUT2D eigenvalue weighted by Gasteiger charge is -2.07. The van der Waals surface area contributed by atoms with E-state index in [-0.39, 0.29) is 0 Å². The molecule has 2 aromatic rings. The average Bonchev–Trinajstić information content (AvgIpc) is 3.10. The van der Waals surface area contributed by atoms with Crippen molar-refractivity contribution >= 4 is 15.9 Å². The van der Waals surface area contributed by atoms with Crippen molar-refractivity contribution < 1.29 is 0 Å². The summed E-state index contributed by atoms with van der Waals surface area (Å²) in [5, 5.41) is 0. The van der Waals surface area contributed by atoms with Gasteiger partial charge in [0.05, 0.1) is 0 Å². The van der Waals surface area contributed by atoms with E-state index in [2.05, 4.69) is 42.4 Å². The molecule has 94 valence electrons. The number of rotatable bonds is 4. The van der Waals surface area contributed by atoms with E-state index in [4.69, 9.17) is 0 Å². The van der Waals surface area contributed by atoms with Gasteiger partial charge in [0.1, 0.15) is 16.1 Å². The third-order valence-electron chi connectivity index (χ3n) is 3.06. The van der Waals surface area contributed by atoms with Gasteiger partial charge in [0.2, 0.25) is 0 Å². The van der Waals surface area contributed by atoms with Gasteiger partial charge >= 0.3 is 0 Å². The average molecular weight is 307 g/mol. The Labute approximate surface area is 115 Å². The molecule has 0 radical (unpaired) electrons. The van der Waals surface area contributed by atoms with E-state index < -0.39 is 0 Å². The highest BCUT2D eigenvalue weighted by atomic mass is 79.9. The SMILES string of the molecule is CCCn1ccnc1-c1cc(Br)nc(C2CC2)n1. The maximum Gasteiger partial charge on any atom is 0.158 e. The largest absolute Gasteiger partial charge is 0.330 e. The van der Waals surface area contributed by atoms with Crippen molar-refractivity contribution in [1.82, 2.24) is 19.5 Å². The van der Waals surface area contributed by atoms with Gasteiger partial charge in [0, 0.05) is 30.9 Å². The molecule has 1 aliphatic carbocycles. The minimum absolute atomic E-state index is 0.552. The summed E-state index contributed by atoms with van der Waals surface area (Å²) in [6.45, 7) is 3.13. The molecule has 2 heterocycles. The van der Waals surface area contributed by atoms with Crippen molar-refractivity contribution in [3.63, 3.8) is 0 Å². The summed E-state index contributed by atoms with van der Waals surface area (Å²) in [7, 11) is 0. The summed E-state index contributed by atoms with van der Waals surface area (Å²) in [5.74, 6) is 2.43. The number of hydrogen-bond donors (Lipinski definition) is 0.